The fourth-order valence-electron chi connectivity index (χ4n) is 3.07. The predicted octanol–water partition coefficient (Wildman–Crippen LogP) is 5.60. The van der Waals surface area contributed by atoms with Gasteiger partial charge in [0.2, 0.25) is 5.78 Å². The quantitative estimate of drug-likeness (QED) is 0.285. The Labute approximate surface area is 182 Å². The van der Waals surface area contributed by atoms with E-state index in [-0.39, 0.29) is 11.5 Å². The van der Waals surface area contributed by atoms with Crippen LogP contribution in [-0.4, -0.2) is 18.9 Å². The third kappa shape index (κ3) is 3.86. The van der Waals surface area contributed by atoms with E-state index in [2.05, 4.69) is 15.9 Å². The number of esters is 1. The highest BCUT2D eigenvalue weighted by atomic mass is 79.9. The molecule has 0 saturated heterocycles. The van der Waals surface area contributed by atoms with Crippen molar-refractivity contribution in [3.63, 3.8) is 0 Å². The van der Waals surface area contributed by atoms with Gasteiger partial charge < -0.3 is 14.2 Å². The summed E-state index contributed by atoms with van der Waals surface area (Å²) in [4.78, 5) is 25.2. The lowest BCUT2D eigenvalue weighted by atomic mass is 10.1. The summed E-state index contributed by atoms with van der Waals surface area (Å²) >= 11 is 3.34. The number of carbonyl (C=O) groups is 2. The molecule has 0 atom stereocenters. The van der Waals surface area contributed by atoms with Crippen molar-refractivity contribution in [2.75, 3.05) is 7.11 Å². The molecule has 5 nitrogen and oxygen atoms in total. The second-order valence-corrected chi connectivity index (χ2v) is 7.59. The number of carbonyl (C=O) groups excluding carboxylic acids is 2. The molecule has 3 aromatic rings. The fraction of sp³-hybridized carbons (Fsp3) is 0.0833. The van der Waals surface area contributed by atoms with E-state index in [9.17, 15) is 9.59 Å². The van der Waals surface area contributed by atoms with E-state index in [1.54, 1.807) is 56.5 Å². The molecular weight excluding hydrogens is 448 g/mol. The van der Waals surface area contributed by atoms with Crippen LogP contribution in [0.1, 0.15) is 31.8 Å². The fourth-order valence-corrected chi connectivity index (χ4v) is 3.34. The molecule has 0 unspecified atom stereocenters. The van der Waals surface area contributed by atoms with Gasteiger partial charge in [-0.25, -0.2) is 4.79 Å². The van der Waals surface area contributed by atoms with Crippen molar-refractivity contribution < 1.29 is 23.8 Å². The summed E-state index contributed by atoms with van der Waals surface area (Å²) in [5.74, 6) is 1.00. The van der Waals surface area contributed by atoms with Gasteiger partial charge in [0, 0.05) is 10.0 Å². The summed E-state index contributed by atoms with van der Waals surface area (Å²) in [5.41, 5.74) is 2.27. The predicted molar refractivity (Wildman–Crippen MR) is 116 cm³/mol. The van der Waals surface area contributed by atoms with Crippen molar-refractivity contribution >= 4 is 33.8 Å². The van der Waals surface area contributed by atoms with E-state index in [1.807, 2.05) is 24.3 Å². The Morgan fingerprint density at radius 1 is 1.00 bits per heavy atom. The van der Waals surface area contributed by atoms with E-state index in [0.29, 0.717) is 28.2 Å². The number of Topliss-reactive ketones (excluding diaryl/α,β-unsaturated/α-hetero) is 1. The molecule has 0 bridgehead atoms. The highest BCUT2D eigenvalue weighted by Gasteiger charge is 2.30. The summed E-state index contributed by atoms with van der Waals surface area (Å²) in [7, 11) is 1.59. The minimum atomic E-state index is -0.483. The van der Waals surface area contributed by atoms with E-state index >= 15 is 0 Å². The van der Waals surface area contributed by atoms with Crippen molar-refractivity contribution in [3.05, 3.63) is 93.1 Å². The first kappa shape index (κ1) is 19.9. The van der Waals surface area contributed by atoms with Gasteiger partial charge in [0.15, 0.2) is 5.76 Å². The van der Waals surface area contributed by atoms with Crippen LogP contribution >= 0.6 is 15.9 Å². The lowest BCUT2D eigenvalue weighted by Gasteiger charge is -2.10. The number of hydrogen-bond acceptors (Lipinski definition) is 5. The minimum absolute atomic E-state index is 0.213. The maximum atomic E-state index is 12.7. The molecule has 6 heteroatoms. The smallest absolute Gasteiger partial charge is 0.343 e. The van der Waals surface area contributed by atoms with Crippen LogP contribution in [0.2, 0.25) is 0 Å². The number of allylic oxidation sites excluding steroid dienone is 1. The molecule has 1 heterocycles. The van der Waals surface area contributed by atoms with Gasteiger partial charge in [0.25, 0.3) is 0 Å². The molecule has 0 spiro atoms. The van der Waals surface area contributed by atoms with E-state index < -0.39 is 5.97 Å². The molecule has 1 aliphatic heterocycles. The van der Waals surface area contributed by atoms with Crippen molar-refractivity contribution in [2.24, 2.45) is 0 Å². The van der Waals surface area contributed by atoms with Gasteiger partial charge >= 0.3 is 5.97 Å². The summed E-state index contributed by atoms with van der Waals surface area (Å²) < 4.78 is 17.4. The van der Waals surface area contributed by atoms with Crippen molar-refractivity contribution in [1.29, 1.82) is 0 Å². The molecule has 0 radical (unpaired) electrons. The second-order valence-electron chi connectivity index (χ2n) is 6.67. The van der Waals surface area contributed by atoms with E-state index in [1.165, 1.54) is 0 Å². The van der Waals surface area contributed by atoms with Crippen LogP contribution in [-0.2, 0) is 0 Å². The molecule has 1 aliphatic rings. The van der Waals surface area contributed by atoms with Crippen molar-refractivity contribution in [3.8, 4) is 17.2 Å². The SMILES string of the molecule is COc1ccc(/C=C2\Oc3c(ccc(OC(=O)c4ccc(Br)cc4)c3C)C2=O)cc1. The van der Waals surface area contributed by atoms with Gasteiger partial charge in [0.1, 0.15) is 17.2 Å². The van der Waals surface area contributed by atoms with Gasteiger partial charge in [-0.2, -0.15) is 0 Å². The normalized spacial score (nSPS) is 13.7. The number of rotatable bonds is 4. The van der Waals surface area contributed by atoms with Gasteiger partial charge in [-0.3, -0.25) is 4.79 Å². The first-order chi connectivity index (χ1) is 14.5. The highest BCUT2D eigenvalue weighted by Crippen LogP contribution is 2.39. The van der Waals surface area contributed by atoms with Crippen LogP contribution in [0.25, 0.3) is 6.08 Å². The maximum Gasteiger partial charge on any atom is 0.343 e. The number of ketones is 1. The Balaban J connectivity index is 1.58. The highest BCUT2D eigenvalue weighted by molar-refractivity contribution is 9.10. The van der Waals surface area contributed by atoms with Crippen LogP contribution < -0.4 is 14.2 Å². The Hall–Kier alpha value is -3.38. The first-order valence-corrected chi connectivity index (χ1v) is 9.95. The lowest BCUT2D eigenvalue weighted by Crippen LogP contribution is -2.09. The first-order valence-electron chi connectivity index (χ1n) is 9.16. The third-order valence-electron chi connectivity index (χ3n) is 4.73. The lowest BCUT2D eigenvalue weighted by molar-refractivity contribution is 0.0733. The third-order valence-corrected chi connectivity index (χ3v) is 5.26. The average molecular weight is 465 g/mol. The number of halogens is 1. The van der Waals surface area contributed by atoms with Gasteiger partial charge in [0.05, 0.1) is 18.2 Å². The monoisotopic (exact) mass is 464 g/mol. The van der Waals surface area contributed by atoms with E-state index in [0.717, 1.165) is 15.8 Å². The van der Waals surface area contributed by atoms with Crippen LogP contribution in [0, 0.1) is 6.92 Å². The van der Waals surface area contributed by atoms with Crippen LogP contribution in [0.4, 0.5) is 0 Å². The van der Waals surface area contributed by atoms with Crippen LogP contribution in [0.15, 0.2) is 70.9 Å². The summed E-state index contributed by atoms with van der Waals surface area (Å²) in [6.45, 7) is 1.76. The van der Waals surface area contributed by atoms with E-state index in [4.69, 9.17) is 14.2 Å². The standard InChI is InChI=1S/C24H17BrO5/c1-14-20(30-24(27)16-5-7-17(25)8-6-16)12-11-19-22(26)21(29-23(14)19)13-15-3-9-18(28-2)10-4-15/h3-13H,1-2H3/b21-13-. The molecule has 3 aromatic carbocycles. The summed E-state index contributed by atoms with van der Waals surface area (Å²) in [6, 6.07) is 17.4. The Morgan fingerprint density at radius 2 is 1.70 bits per heavy atom. The van der Waals surface area contributed by atoms with Gasteiger partial charge in [-0.15, -0.1) is 0 Å². The Bertz CT molecular complexity index is 1160. The number of methoxy groups -OCH3 is 1. The zero-order chi connectivity index (χ0) is 21.3. The Morgan fingerprint density at radius 3 is 2.37 bits per heavy atom. The van der Waals surface area contributed by atoms with Crippen molar-refractivity contribution in [1.82, 2.24) is 0 Å². The molecule has 4 rings (SSSR count). The molecule has 30 heavy (non-hydrogen) atoms. The molecule has 0 aliphatic carbocycles. The zero-order valence-electron chi connectivity index (χ0n) is 16.3. The van der Waals surface area contributed by atoms with Crippen LogP contribution in [0.3, 0.4) is 0 Å². The molecule has 0 fully saturated rings. The minimum Gasteiger partial charge on any atom is -0.497 e. The Kier molecular flexibility index (Phi) is 5.42. The number of hydrogen-bond donors (Lipinski definition) is 0. The number of fused-ring (bicyclic) bond motifs is 1. The summed E-state index contributed by atoms with van der Waals surface area (Å²) in [6.07, 6.45) is 1.68. The van der Waals surface area contributed by atoms with Gasteiger partial charge in [-0.05, 0) is 67.1 Å². The molecule has 0 N–H and O–H groups in total. The van der Waals surface area contributed by atoms with Crippen LogP contribution in [0.5, 0.6) is 17.2 Å². The molecule has 0 saturated carbocycles. The van der Waals surface area contributed by atoms with Gasteiger partial charge in [-0.1, -0.05) is 28.1 Å². The van der Waals surface area contributed by atoms with Crippen molar-refractivity contribution in [2.45, 2.75) is 6.92 Å². The molecule has 150 valence electrons. The second kappa shape index (κ2) is 8.16. The average Bonchev–Trinajstić information content (AvgIpc) is 3.07. The maximum absolute atomic E-state index is 12.7. The summed E-state index contributed by atoms with van der Waals surface area (Å²) in [5, 5.41) is 0. The molecule has 0 aromatic heterocycles. The molecule has 0 amide bonds. The number of ether oxygens (including phenoxy) is 3. The molecular formula is C24H17BrO5. The number of benzene rings is 3. The zero-order valence-corrected chi connectivity index (χ0v) is 17.9. The largest absolute Gasteiger partial charge is 0.497 e. The topological polar surface area (TPSA) is 61.8 Å².